The summed E-state index contributed by atoms with van der Waals surface area (Å²) < 4.78 is 0. The van der Waals surface area contributed by atoms with Crippen molar-refractivity contribution >= 4 is 57.2 Å². The van der Waals surface area contributed by atoms with Crippen LogP contribution in [0, 0.1) is 6.92 Å². The molecule has 0 saturated carbocycles. The predicted molar refractivity (Wildman–Crippen MR) is 156 cm³/mol. The van der Waals surface area contributed by atoms with Crippen molar-refractivity contribution in [2.24, 2.45) is 0 Å². The van der Waals surface area contributed by atoms with Crippen molar-refractivity contribution in [2.45, 2.75) is 16.7 Å². The average Bonchev–Trinajstić information content (AvgIpc) is 3.36. The van der Waals surface area contributed by atoms with Crippen molar-refractivity contribution in [2.75, 3.05) is 5.32 Å². The van der Waals surface area contributed by atoms with Crippen LogP contribution in [0.4, 0.5) is 5.69 Å². The zero-order valence-corrected chi connectivity index (χ0v) is 21.5. The summed E-state index contributed by atoms with van der Waals surface area (Å²) in [5.74, 6) is -0.128. The lowest BCUT2D eigenvalue weighted by atomic mass is 10.0. The van der Waals surface area contributed by atoms with Crippen LogP contribution in [0.1, 0.15) is 27.3 Å². The Labute approximate surface area is 224 Å². The van der Waals surface area contributed by atoms with Gasteiger partial charge in [0.05, 0.1) is 28.2 Å². The van der Waals surface area contributed by atoms with E-state index in [1.807, 2.05) is 85.8 Å². The number of hydrogen-bond donors (Lipinski definition) is 2. The van der Waals surface area contributed by atoms with Gasteiger partial charge in [-0.3, -0.25) is 14.9 Å². The SMILES string of the molecule is Cc1ccc2ccccc2c1NC(=O)c1ccccc1Sc1ccc2c(/C=C/c3ccccn3)n[nH]c2c1. The number of aromatic nitrogens is 3. The highest BCUT2D eigenvalue weighted by Gasteiger charge is 2.15. The molecule has 4 aromatic carbocycles. The Hall–Kier alpha value is -4.68. The minimum atomic E-state index is -0.128. The number of carbonyl (C=O) groups excluding carboxylic acids is 1. The molecule has 0 unspecified atom stereocenters. The lowest BCUT2D eigenvalue weighted by molar-refractivity contribution is 0.102. The monoisotopic (exact) mass is 512 g/mol. The number of carbonyl (C=O) groups is 1. The van der Waals surface area contributed by atoms with Gasteiger partial charge in [-0.25, -0.2) is 0 Å². The fraction of sp³-hybridized carbons (Fsp3) is 0.0312. The number of benzene rings is 4. The molecule has 1 amide bonds. The van der Waals surface area contributed by atoms with Gasteiger partial charge in [-0.1, -0.05) is 66.4 Å². The van der Waals surface area contributed by atoms with Gasteiger partial charge < -0.3 is 5.32 Å². The van der Waals surface area contributed by atoms with Crippen LogP contribution in [0.3, 0.4) is 0 Å². The summed E-state index contributed by atoms with van der Waals surface area (Å²) in [6.45, 7) is 2.02. The van der Waals surface area contributed by atoms with Gasteiger partial charge in [0, 0.05) is 26.8 Å². The predicted octanol–water partition coefficient (Wildman–Crippen LogP) is 7.99. The molecule has 6 rings (SSSR count). The molecule has 5 nitrogen and oxygen atoms in total. The van der Waals surface area contributed by atoms with Gasteiger partial charge in [-0.05, 0) is 72.5 Å². The molecule has 0 aliphatic carbocycles. The van der Waals surface area contributed by atoms with Gasteiger partial charge in [0.1, 0.15) is 0 Å². The third kappa shape index (κ3) is 4.82. The quantitative estimate of drug-likeness (QED) is 0.237. The van der Waals surface area contributed by atoms with Gasteiger partial charge in [0.25, 0.3) is 5.91 Å². The van der Waals surface area contributed by atoms with Crippen LogP contribution in [0.5, 0.6) is 0 Å². The second kappa shape index (κ2) is 10.4. The van der Waals surface area contributed by atoms with Crippen LogP contribution in [0.15, 0.2) is 113 Å². The third-order valence-corrected chi connectivity index (χ3v) is 7.46. The topological polar surface area (TPSA) is 70.7 Å². The van der Waals surface area contributed by atoms with Crippen LogP contribution < -0.4 is 5.32 Å². The summed E-state index contributed by atoms with van der Waals surface area (Å²) >= 11 is 1.56. The first kappa shape index (κ1) is 23.7. The highest BCUT2D eigenvalue weighted by molar-refractivity contribution is 7.99. The van der Waals surface area contributed by atoms with Crippen LogP contribution in [-0.2, 0) is 0 Å². The number of fused-ring (bicyclic) bond motifs is 2. The van der Waals surface area contributed by atoms with Gasteiger partial charge >= 0.3 is 0 Å². The molecule has 2 heterocycles. The summed E-state index contributed by atoms with van der Waals surface area (Å²) in [6.07, 6.45) is 5.68. The summed E-state index contributed by atoms with van der Waals surface area (Å²) in [5.41, 5.74) is 5.17. The van der Waals surface area contributed by atoms with Crippen molar-refractivity contribution in [3.8, 4) is 0 Å². The summed E-state index contributed by atoms with van der Waals surface area (Å²) in [7, 11) is 0. The Morgan fingerprint density at radius 2 is 1.71 bits per heavy atom. The standard InChI is InChI=1S/C32H24N4OS/c1-21-13-14-22-8-2-3-10-25(22)31(21)34-32(37)27-11-4-5-12-30(27)38-24-16-17-26-28(35-36-29(26)20-24)18-15-23-9-6-7-19-33-23/h2-20H,1H3,(H,34,37)(H,35,36)/b18-15+. The Bertz CT molecular complexity index is 1810. The van der Waals surface area contributed by atoms with Crippen LogP contribution in [0.2, 0.25) is 0 Å². The fourth-order valence-corrected chi connectivity index (χ4v) is 5.43. The number of nitrogens with zero attached hydrogens (tertiary/aromatic N) is 2. The first-order valence-electron chi connectivity index (χ1n) is 12.3. The van der Waals surface area contributed by atoms with Gasteiger partial charge in [-0.15, -0.1) is 0 Å². The molecule has 184 valence electrons. The van der Waals surface area contributed by atoms with Gasteiger partial charge in [0.2, 0.25) is 0 Å². The van der Waals surface area contributed by atoms with E-state index >= 15 is 0 Å². The molecular formula is C32H24N4OS. The Balaban J connectivity index is 1.26. The Morgan fingerprint density at radius 3 is 2.61 bits per heavy atom. The number of H-pyrrole nitrogens is 1. The molecule has 0 bridgehead atoms. The number of pyridine rings is 1. The number of hydrogen-bond acceptors (Lipinski definition) is 4. The van der Waals surface area contributed by atoms with Crippen molar-refractivity contribution in [1.29, 1.82) is 0 Å². The maximum atomic E-state index is 13.5. The number of aryl methyl sites for hydroxylation is 1. The average molecular weight is 513 g/mol. The second-order valence-electron chi connectivity index (χ2n) is 8.94. The van der Waals surface area contributed by atoms with Crippen LogP contribution in [-0.4, -0.2) is 21.1 Å². The highest BCUT2D eigenvalue weighted by atomic mass is 32.2. The molecule has 6 aromatic rings. The molecule has 0 aliphatic rings. The summed E-state index contributed by atoms with van der Waals surface area (Å²) in [4.78, 5) is 19.7. The number of anilines is 1. The number of amides is 1. The molecule has 0 spiro atoms. The fourth-order valence-electron chi connectivity index (χ4n) is 4.45. The van der Waals surface area contributed by atoms with E-state index in [1.165, 1.54) is 0 Å². The van der Waals surface area contributed by atoms with Crippen molar-refractivity contribution in [3.05, 3.63) is 126 Å². The van der Waals surface area contributed by atoms with E-state index in [9.17, 15) is 4.79 Å². The molecule has 0 aliphatic heterocycles. The zero-order valence-electron chi connectivity index (χ0n) is 20.7. The Morgan fingerprint density at radius 1 is 0.868 bits per heavy atom. The highest BCUT2D eigenvalue weighted by Crippen LogP contribution is 2.34. The zero-order chi connectivity index (χ0) is 25.9. The lowest BCUT2D eigenvalue weighted by Crippen LogP contribution is -2.14. The first-order chi connectivity index (χ1) is 18.7. The summed E-state index contributed by atoms with van der Waals surface area (Å²) in [5, 5.41) is 13.9. The minimum absolute atomic E-state index is 0.128. The minimum Gasteiger partial charge on any atom is -0.321 e. The number of rotatable bonds is 6. The van der Waals surface area contributed by atoms with Crippen molar-refractivity contribution in [3.63, 3.8) is 0 Å². The van der Waals surface area contributed by atoms with Crippen LogP contribution >= 0.6 is 11.8 Å². The lowest BCUT2D eigenvalue weighted by Gasteiger charge is -2.14. The molecule has 2 aromatic heterocycles. The third-order valence-electron chi connectivity index (χ3n) is 6.40. The normalized spacial score (nSPS) is 11.4. The van der Waals surface area contributed by atoms with E-state index < -0.39 is 0 Å². The maximum Gasteiger partial charge on any atom is 0.256 e. The van der Waals surface area contributed by atoms with Crippen LogP contribution in [0.25, 0.3) is 33.8 Å². The summed E-state index contributed by atoms with van der Waals surface area (Å²) in [6, 6.07) is 31.9. The maximum absolute atomic E-state index is 13.5. The Kier molecular flexibility index (Phi) is 6.46. The molecule has 0 saturated heterocycles. The van der Waals surface area contributed by atoms with E-state index in [0.717, 1.165) is 54.1 Å². The molecule has 2 N–H and O–H groups in total. The number of aromatic amines is 1. The van der Waals surface area contributed by atoms with Crippen molar-refractivity contribution < 1.29 is 4.79 Å². The molecule has 0 radical (unpaired) electrons. The van der Waals surface area contributed by atoms with E-state index in [1.54, 1.807) is 18.0 Å². The van der Waals surface area contributed by atoms with E-state index in [0.29, 0.717) is 5.56 Å². The second-order valence-corrected chi connectivity index (χ2v) is 10.1. The van der Waals surface area contributed by atoms with E-state index in [2.05, 4.69) is 50.8 Å². The smallest absolute Gasteiger partial charge is 0.256 e. The largest absolute Gasteiger partial charge is 0.321 e. The van der Waals surface area contributed by atoms with E-state index in [4.69, 9.17) is 0 Å². The number of nitrogens with one attached hydrogen (secondary N) is 2. The van der Waals surface area contributed by atoms with Gasteiger partial charge in [-0.2, -0.15) is 5.10 Å². The van der Waals surface area contributed by atoms with E-state index in [-0.39, 0.29) is 5.91 Å². The molecule has 38 heavy (non-hydrogen) atoms. The molecular weight excluding hydrogens is 488 g/mol. The molecule has 0 fully saturated rings. The van der Waals surface area contributed by atoms with Crippen molar-refractivity contribution in [1.82, 2.24) is 15.2 Å². The molecule has 0 atom stereocenters. The van der Waals surface area contributed by atoms with Gasteiger partial charge in [0.15, 0.2) is 0 Å². The molecule has 6 heteroatoms. The first-order valence-corrected chi connectivity index (χ1v) is 13.1.